The second-order valence-electron chi connectivity index (χ2n) is 13.9. The van der Waals surface area contributed by atoms with Gasteiger partial charge in [-0.05, 0) is 53.3 Å². The summed E-state index contributed by atoms with van der Waals surface area (Å²) in [7, 11) is 6.31. The number of rotatable bonds is 15. The summed E-state index contributed by atoms with van der Waals surface area (Å²) in [6.07, 6.45) is 10.0. The van der Waals surface area contributed by atoms with E-state index in [4.69, 9.17) is 9.47 Å². The van der Waals surface area contributed by atoms with Crippen LogP contribution >= 0.6 is 0 Å². The molecular formula is C41H40F2N7O6+. The molecule has 1 aliphatic rings. The number of likely N-dealkylation sites (N-methyl/N-ethyl adjacent to an activating group) is 1. The number of allylic oxidation sites excluding steroid dienone is 1. The Balaban J connectivity index is 1.34. The fourth-order valence-corrected chi connectivity index (χ4v) is 6.73. The van der Waals surface area contributed by atoms with Crippen molar-refractivity contribution >= 4 is 34.4 Å². The fourth-order valence-electron chi connectivity index (χ4n) is 6.73. The van der Waals surface area contributed by atoms with Crippen LogP contribution in [0.4, 0.5) is 20.3 Å². The average molecular weight is 765 g/mol. The van der Waals surface area contributed by atoms with Crippen molar-refractivity contribution in [2.75, 3.05) is 46.7 Å². The highest BCUT2D eigenvalue weighted by atomic mass is 19.1. The van der Waals surface area contributed by atoms with E-state index in [9.17, 15) is 19.7 Å². The molecule has 3 aromatic heterocycles. The Kier molecular flexibility index (Phi) is 11.5. The molecule has 5 aromatic rings. The molecule has 0 saturated carbocycles. The largest absolute Gasteiger partial charge is 0.494 e. The van der Waals surface area contributed by atoms with Crippen molar-refractivity contribution in [2.24, 2.45) is 4.99 Å². The highest BCUT2D eigenvalue weighted by molar-refractivity contribution is 5.91. The summed E-state index contributed by atoms with van der Waals surface area (Å²) in [5, 5.41) is 14.9. The summed E-state index contributed by atoms with van der Waals surface area (Å²) < 4.78 is 43.9. The van der Waals surface area contributed by atoms with Gasteiger partial charge in [0.05, 0.1) is 63.1 Å². The topological polar surface area (TPSA) is 151 Å². The molecular weight excluding hydrogens is 724 g/mol. The average Bonchev–Trinajstić information content (AvgIpc) is 3.63. The number of quaternary nitrogens is 1. The van der Waals surface area contributed by atoms with E-state index in [1.807, 2.05) is 26.2 Å². The number of anilines is 2. The molecule has 1 unspecified atom stereocenters. The van der Waals surface area contributed by atoms with E-state index in [0.717, 1.165) is 6.07 Å². The van der Waals surface area contributed by atoms with Crippen molar-refractivity contribution in [3.63, 3.8) is 0 Å². The number of carbonyl (C=O) groups excluding carboxylic acids is 1. The standard InChI is InChI=1S/C41H39F2N7O6/c1-25(27-9-6-8-26(18-27)19-31(51)10-7-17-50(2,3)24-28-11-16-45-40(28)49(53)54)48-33-21-36(47-30-12-14-44-15-13-30)46-23-29(33)20-32(41(48)52)37-38(42)34(55-4)22-35(56-5)39(37)43/h6-10,12-16,18,20-23,25H,11,17,19,24H2,1-5H3/p+1/b10-7+. The van der Waals surface area contributed by atoms with Crippen LogP contribution in [0.3, 0.4) is 0 Å². The second kappa shape index (κ2) is 16.4. The van der Waals surface area contributed by atoms with Gasteiger partial charge < -0.3 is 34.0 Å². The number of benzene rings is 2. The van der Waals surface area contributed by atoms with Crippen LogP contribution in [0, 0.1) is 21.7 Å². The molecule has 0 fully saturated rings. The lowest BCUT2D eigenvalue weighted by molar-refractivity contribution is -0.880. The zero-order valence-electron chi connectivity index (χ0n) is 31.5. The molecule has 1 atom stereocenters. The summed E-state index contributed by atoms with van der Waals surface area (Å²) in [5.41, 5.74) is 1.57. The molecule has 0 aliphatic carbocycles. The number of aromatic nitrogens is 3. The van der Waals surface area contributed by atoms with Gasteiger partial charge in [-0.3, -0.25) is 14.6 Å². The number of methoxy groups -OCH3 is 2. The van der Waals surface area contributed by atoms with Gasteiger partial charge in [0.1, 0.15) is 18.6 Å². The van der Waals surface area contributed by atoms with Gasteiger partial charge in [-0.25, -0.2) is 13.8 Å². The van der Waals surface area contributed by atoms with E-state index in [1.54, 1.807) is 55.7 Å². The number of carbonyl (C=O) groups is 1. The van der Waals surface area contributed by atoms with Crippen molar-refractivity contribution < 1.29 is 32.5 Å². The van der Waals surface area contributed by atoms with Crippen molar-refractivity contribution in [2.45, 2.75) is 25.8 Å². The summed E-state index contributed by atoms with van der Waals surface area (Å²) in [4.78, 5) is 51.0. The Hall–Kier alpha value is -6.61. The number of halogens is 2. The quantitative estimate of drug-likeness (QED) is 0.0525. The van der Waals surface area contributed by atoms with Gasteiger partial charge in [0, 0.05) is 54.6 Å². The first-order valence-electron chi connectivity index (χ1n) is 17.6. The number of nitrogens with zero attached hydrogens (tertiary/aromatic N) is 6. The molecule has 0 bridgehead atoms. The Morgan fingerprint density at radius 1 is 1.07 bits per heavy atom. The molecule has 0 spiro atoms. The number of pyridine rings is 3. The van der Waals surface area contributed by atoms with Crippen LogP contribution in [-0.2, 0) is 11.2 Å². The Bertz CT molecular complexity index is 2450. The Labute approximate surface area is 321 Å². The molecule has 6 rings (SSSR count). The van der Waals surface area contributed by atoms with Crippen LogP contribution < -0.4 is 20.3 Å². The Morgan fingerprint density at radius 3 is 2.46 bits per heavy atom. The van der Waals surface area contributed by atoms with E-state index < -0.39 is 33.7 Å². The zero-order chi connectivity index (χ0) is 40.1. The molecule has 56 heavy (non-hydrogen) atoms. The van der Waals surface area contributed by atoms with Crippen LogP contribution in [0.2, 0.25) is 0 Å². The number of hydrogen-bond donors (Lipinski definition) is 1. The summed E-state index contributed by atoms with van der Waals surface area (Å²) >= 11 is 0. The highest BCUT2D eigenvalue weighted by Gasteiger charge is 2.29. The van der Waals surface area contributed by atoms with Crippen molar-refractivity contribution in [3.05, 3.63) is 140 Å². The van der Waals surface area contributed by atoms with E-state index in [2.05, 4.69) is 20.3 Å². The van der Waals surface area contributed by atoms with Gasteiger partial charge in [0.15, 0.2) is 28.9 Å². The molecule has 13 nitrogen and oxygen atoms in total. The minimum Gasteiger partial charge on any atom is -0.494 e. The zero-order valence-corrected chi connectivity index (χ0v) is 31.5. The maximum absolute atomic E-state index is 15.9. The van der Waals surface area contributed by atoms with E-state index >= 15 is 8.78 Å². The monoisotopic (exact) mass is 764 g/mol. The number of fused-ring (bicyclic) bond motifs is 1. The number of ketones is 1. The highest BCUT2D eigenvalue weighted by Crippen LogP contribution is 2.38. The van der Waals surface area contributed by atoms with Gasteiger partial charge >= 0.3 is 5.82 Å². The second-order valence-corrected chi connectivity index (χ2v) is 13.9. The van der Waals surface area contributed by atoms with Crippen molar-refractivity contribution in [1.82, 2.24) is 14.5 Å². The van der Waals surface area contributed by atoms with Gasteiger partial charge in [-0.1, -0.05) is 29.3 Å². The fraction of sp³-hybridized carbons (Fsp3) is 0.244. The minimum absolute atomic E-state index is 0.0641. The third kappa shape index (κ3) is 8.37. The lowest BCUT2D eigenvalue weighted by Gasteiger charge is -2.28. The van der Waals surface area contributed by atoms with E-state index in [0.29, 0.717) is 63.1 Å². The van der Waals surface area contributed by atoms with E-state index in [1.165, 1.54) is 43.3 Å². The number of aliphatic imine (C=N–C) groups is 1. The predicted octanol–water partition coefficient (Wildman–Crippen LogP) is 6.81. The molecule has 2 aromatic carbocycles. The molecule has 0 radical (unpaired) electrons. The molecule has 4 heterocycles. The molecule has 0 saturated heterocycles. The summed E-state index contributed by atoms with van der Waals surface area (Å²) in [6, 6.07) is 14.2. The van der Waals surface area contributed by atoms with Gasteiger partial charge in [0.2, 0.25) is 0 Å². The van der Waals surface area contributed by atoms with Gasteiger partial charge in [0.25, 0.3) is 5.56 Å². The first-order valence-corrected chi connectivity index (χ1v) is 17.6. The van der Waals surface area contributed by atoms with Crippen LogP contribution in [0.25, 0.3) is 22.0 Å². The number of hydrogen-bond acceptors (Lipinski definition) is 10. The molecule has 1 N–H and O–H groups in total. The molecule has 1 aliphatic heterocycles. The maximum atomic E-state index is 15.9. The number of ether oxygens (including phenoxy) is 2. The molecule has 288 valence electrons. The van der Waals surface area contributed by atoms with Crippen molar-refractivity contribution in [1.29, 1.82) is 0 Å². The van der Waals surface area contributed by atoms with Crippen molar-refractivity contribution in [3.8, 4) is 22.6 Å². The Morgan fingerprint density at radius 2 is 1.79 bits per heavy atom. The third-order valence-electron chi connectivity index (χ3n) is 9.48. The van der Waals surface area contributed by atoms with Crippen LogP contribution in [0.5, 0.6) is 11.5 Å². The lowest BCUT2D eigenvalue weighted by Crippen LogP contribution is -2.41. The van der Waals surface area contributed by atoms with Gasteiger partial charge in [-0.2, -0.15) is 0 Å². The lowest BCUT2D eigenvalue weighted by atomic mass is 9.99. The number of nitrogens with one attached hydrogen (secondary N) is 1. The van der Waals surface area contributed by atoms with Crippen LogP contribution in [0.1, 0.15) is 30.5 Å². The minimum atomic E-state index is -1.06. The smallest absolute Gasteiger partial charge is 0.368 e. The maximum Gasteiger partial charge on any atom is 0.368 e. The van der Waals surface area contributed by atoms with Gasteiger partial charge in [-0.15, -0.1) is 0 Å². The predicted molar refractivity (Wildman–Crippen MR) is 209 cm³/mol. The third-order valence-corrected chi connectivity index (χ3v) is 9.48. The first-order chi connectivity index (χ1) is 26.8. The normalized spacial score (nSPS) is 13.4. The first kappa shape index (κ1) is 39.1. The molecule has 0 amide bonds. The number of nitro groups is 1. The molecule has 15 heteroatoms. The SMILES string of the molecule is COc1cc(OC)c(F)c(-c2cc3cnc(Nc4ccncc4)cc3n(C(C)c3cccc(CC(=O)/C=C/C[N+](C)(C)CC4=C([N+](=O)[O-])N=CC4)c3)c2=O)c1F. The van der Waals surface area contributed by atoms with Crippen LogP contribution in [-0.4, -0.2) is 77.3 Å². The van der Waals surface area contributed by atoms with Crippen LogP contribution in [0.15, 0.2) is 107 Å². The summed E-state index contributed by atoms with van der Waals surface area (Å²) in [5.74, 6) is -2.59. The van der Waals surface area contributed by atoms with E-state index in [-0.39, 0.29) is 35.1 Å². The summed E-state index contributed by atoms with van der Waals surface area (Å²) in [6.45, 7) is 2.65.